The molecule has 1 amide bonds. The van der Waals surface area contributed by atoms with Crippen LogP contribution in [0.1, 0.15) is 17.2 Å². The summed E-state index contributed by atoms with van der Waals surface area (Å²) in [5.41, 5.74) is 0.956. The summed E-state index contributed by atoms with van der Waals surface area (Å²) >= 11 is 0. The van der Waals surface area contributed by atoms with Gasteiger partial charge in [-0.25, -0.2) is 4.99 Å². The quantitative estimate of drug-likeness (QED) is 0.545. The minimum absolute atomic E-state index is 0.0182. The van der Waals surface area contributed by atoms with Gasteiger partial charge < -0.3 is 24.1 Å². The fraction of sp³-hybridized carbons (Fsp3) is 0.550. The number of amides is 1. The van der Waals surface area contributed by atoms with E-state index >= 15 is 0 Å². The second-order valence-electron chi connectivity index (χ2n) is 7.38. The second kappa shape index (κ2) is 10.1. The van der Waals surface area contributed by atoms with E-state index in [0.717, 1.165) is 62.3 Å². The van der Waals surface area contributed by atoms with E-state index in [1.807, 2.05) is 25.1 Å². The summed E-state index contributed by atoms with van der Waals surface area (Å²) in [5.74, 6) is 2.51. The highest BCUT2D eigenvalue weighted by Gasteiger charge is 2.21. The molecule has 29 heavy (non-hydrogen) atoms. The number of rotatable bonds is 7. The van der Waals surface area contributed by atoms with Gasteiger partial charge in [-0.2, -0.15) is 0 Å². The van der Waals surface area contributed by atoms with Gasteiger partial charge in [-0.05, 0) is 19.1 Å². The Morgan fingerprint density at radius 1 is 1.31 bits per heavy atom. The first-order valence-corrected chi connectivity index (χ1v) is 9.91. The maximum atomic E-state index is 12.0. The van der Waals surface area contributed by atoms with Crippen molar-refractivity contribution in [2.75, 3.05) is 53.4 Å². The van der Waals surface area contributed by atoms with E-state index in [2.05, 4.69) is 25.3 Å². The molecule has 158 valence electrons. The van der Waals surface area contributed by atoms with Gasteiger partial charge in [0.2, 0.25) is 5.91 Å². The molecule has 0 aliphatic carbocycles. The molecule has 0 unspecified atom stereocenters. The van der Waals surface area contributed by atoms with Gasteiger partial charge >= 0.3 is 0 Å². The maximum Gasteiger partial charge on any atom is 0.243 e. The molecule has 3 heterocycles. The number of hydrogen-bond acceptors (Lipinski definition) is 6. The van der Waals surface area contributed by atoms with E-state index in [1.165, 1.54) is 0 Å². The SMILES string of the molecule is Cc1cc(CN2CCN(C(=NCC(=O)N(C)C)NCCc3ccco3)CC2)no1. The maximum absolute atomic E-state index is 12.0. The van der Waals surface area contributed by atoms with Crippen molar-refractivity contribution in [3.63, 3.8) is 0 Å². The van der Waals surface area contributed by atoms with Crippen LogP contribution in [0.2, 0.25) is 0 Å². The number of carbonyl (C=O) groups is 1. The zero-order valence-electron chi connectivity index (χ0n) is 17.4. The van der Waals surface area contributed by atoms with Crippen molar-refractivity contribution in [2.45, 2.75) is 19.9 Å². The molecular formula is C20H30N6O3. The topological polar surface area (TPSA) is 90.3 Å². The highest BCUT2D eigenvalue weighted by atomic mass is 16.5. The van der Waals surface area contributed by atoms with E-state index < -0.39 is 0 Å². The number of nitrogens with zero attached hydrogens (tertiary/aromatic N) is 5. The molecule has 0 bridgehead atoms. The van der Waals surface area contributed by atoms with E-state index in [9.17, 15) is 4.79 Å². The lowest BCUT2D eigenvalue weighted by Gasteiger charge is -2.36. The lowest BCUT2D eigenvalue weighted by molar-refractivity contribution is -0.127. The first-order valence-electron chi connectivity index (χ1n) is 9.91. The van der Waals surface area contributed by atoms with Crippen LogP contribution in [0.3, 0.4) is 0 Å². The van der Waals surface area contributed by atoms with Crippen molar-refractivity contribution in [3.8, 4) is 0 Å². The number of furan rings is 1. The van der Waals surface area contributed by atoms with E-state index in [0.29, 0.717) is 6.54 Å². The van der Waals surface area contributed by atoms with E-state index in [4.69, 9.17) is 8.94 Å². The zero-order chi connectivity index (χ0) is 20.6. The van der Waals surface area contributed by atoms with Crippen molar-refractivity contribution < 1.29 is 13.7 Å². The van der Waals surface area contributed by atoms with Crippen LogP contribution in [0.25, 0.3) is 0 Å². The summed E-state index contributed by atoms with van der Waals surface area (Å²) < 4.78 is 10.5. The van der Waals surface area contributed by atoms with E-state index in [-0.39, 0.29) is 12.5 Å². The fourth-order valence-electron chi connectivity index (χ4n) is 3.14. The number of aliphatic imine (C=N–C) groups is 1. The first kappa shape index (κ1) is 20.9. The minimum atomic E-state index is -0.0182. The van der Waals surface area contributed by atoms with Crippen molar-refractivity contribution >= 4 is 11.9 Å². The molecule has 0 spiro atoms. The summed E-state index contributed by atoms with van der Waals surface area (Å²) in [6.07, 6.45) is 2.44. The Bertz CT molecular complexity index is 791. The molecule has 0 atom stereocenters. The minimum Gasteiger partial charge on any atom is -0.469 e. The highest BCUT2D eigenvalue weighted by molar-refractivity contribution is 5.84. The predicted octanol–water partition coefficient (Wildman–Crippen LogP) is 0.970. The van der Waals surface area contributed by atoms with Crippen molar-refractivity contribution in [2.24, 2.45) is 4.99 Å². The van der Waals surface area contributed by atoms with Gasteiger partial charge in [0.15, 0.2) is 5.96 Å². The average Bonchev–Trinajstić information content (AvgIpc) is 3.36. The molecule has 2 aromatic heterocycles. The Kier molecular flexibility index (Phi) is 7.29. The molecule has 1 aliphatic heterocycles. The van der Waals surface area contributed by atoms with Crippen LogP contribution in [-0.2, 0) is 17.8 Å². The number of aromatic nitrogens is 1. The fourth-order valence-corrected chi connectivity index (χ4v) is 3.14. The Morgan fingerprint density at radius 2 is 2.10 bits per heavy atom. The van der Waals surface area contributed by atoms with Crippen LogP contribution in [0.5, 0.6) is 0 Å². The van der Waals surface area contributed by atoms with Crippen LogP contribution in [0.4, 0.5) is 0 Å². The summed E-state index contributed by atoms with van der Waals surface area (Å²) in [4.78, 5) is 22.7. The van der Waals surface area contributed by atoms with Crippen LogP contribution in [0, 0.1) is 6.92 Å². The number of likely N-dealkylation sites (N-methyl/N-ethyl adjacent to an activating group) is 1. The first-order chi connectivity index (χ1) is 14.0. The molecular weight excluding hydrogens is 372 g/mol. The standard InChI is InChI=1S/C20H30N6O3/c1-16-13-17(23-29-16)15-25-8-10-26(11-9-25)20(22-14-19(27)24(2)3)21-7-6-18-5-4-12-28-18/h4-5,12-13H,6-11,14-15H2,1-3H3,(H,21,22). The molecule has 2 aromatic rings. The Balaban J connectivity index is 1.54. The van der Waals surface area contributed by atoms with Crippen LogP contribution in [0.15, 0.2) is 38.4 Å². The lowest BCUT2D eigenvalue weighted by Crippen LogP contribution is -2.52. The molecule has 0 aromatic carbocycles. The molecule has 0 saturated carbocycles. The Labute approximate surface area is 171 Å². The number of hydrogen-bond donors (Lipinski definition) is 1. The Morgan fingerprint density at radius 3 is 2.72 bits per heavy atom. The number of carbonyl (C=O) groups excluding carboxylic acids is 1. The van der Waals surface area contributed by atoms with Gasteiger partial charge in [-0.15, -0.1) is 0 Å². The van der Waals surface area contributed by atoms with Gasteiger partial charge in [0.25, 0.3) is 0 Å². The summed E-state index contributed by atoms with van der Waals surface area (Å²) in [7, 11) is 3.48. The summed E-state index contributed by atoms with van der Waals surface area (Å²) in [6.45, 7) is 6.97. The molecule has 3 rings (SSSR count). The molecule has 1 aliphatic rings. The highest BCUT2D eigenvalue weighted by Crippen LogP contribution is 2.09. The van der Waals surface area contributed by atoms with Crippen molar-refractivity contribution in [1.29, 1.82) is 0 Å². The molecule has 9 heteroatoms. The van der Waals surface area contributed by atoms with Crippen molar-refractivity contribution in [3.05, 3.63) is 41.7 Å². The molecule has 1 N–H and O–H groups in total. The number of aryl methyl sites for hydroxylation is 1. The normalized spacial score (nSPS) is 15.6. The third-order valence-corrected chi connectivity index (χ3v) is 4.83. The smallest absolute Gasteiger partial charge is 0.243 e. The summed E-state index contributed by atoms with van der Waals surface area (Å²) in [5, 5.41) is 7.47. The molecule has 1 saturated heterocycles. The van der Waals surface area contributed by atoms with Gasteiger partial charge in [-0.1, -0.05) is 5.16 Å². The van der Waals surface area contributed by atoms with Gasteiger partial charge in [0.05, 0.1) is 12.0 Å². The predicted molar refractivity (Wildman–Crippen MR) is 110 cm³/mol. The molecule has 0 radical (unpaired) electrons. The van der Waals surface area contributed by atoms with E-state index in [1.54, 1.807) is 25.3 Å². The molecule has 9 nitrogen and oxygen atoms in total. The third-order valence-electron chi connectivity index (χ3n) is 4.83. The lowest BCUT2D eigenvalue weighted by atomic mass is 10.3. The largest absolute Gasteiger partial charge is 0.469 e. The monoisotopic (exact) mass is 402 g/mol. The van der Waals surface area contributed by atoms with Crippen LogP contribution >= 0.6 is 0 Å². The van der Waals surface area contributed by atoms with Crippen LogP contribution in [-0.4, -0.2) is 85.1 Å². The molecule has 1 fully saturated rings. The van der Waals surface area contributed by atoms with Crippen LogP contribution < -0.4 is 5.32 Å². The zero-order valence-corrected chi connectivity index (χ0v) is 17.4. The Hall–Kier alpha value is -2.81. The average molecular weight is 402 g/mol. The summed E-state index contributed by atoms with van der Waals surface area (Å²) in [6, 6.07) is 5.82. The number of guanidine groups is 1. The van der Waals surface area contributed by atoms with Gasteiger partial charge in [0.1, 0.15) is 18.1 Å². The number of nitrogens with one attached hydrogen (secondary N) is 1. The van der Waals surface area contributed by atoms with Gasteiger partial charge in [-0.3, -0.25) is 9.69 Å². The number of piperazine rings is 1. The van der Waals surface area contributed by atoms with Gasteiger partial charge in [0, 0.05) is 65.9 Å². The second-order valence-corrected chi connectivity index (χ2v) is 7.38. The third kappa shape index (κ3) is 6.35. The van der Waals surface area contributed by atoms with Crippen molar-refractivity contribution in [1.82, 2.24) is 25.2 Å².